The van der Waals surface area contributed by atoms with Gasteiger partial charge in [-0.1, -0.05) is 49.4 Å². The van der Waals surface area contributed by atoms with Crippen molar-refractivity contribution in [3.63, 3.8) is 0 Å². The van der Waals surface area contributed by atoms with Gasteiger partial charge in [-0.05, 0) is 42.9 Å². The van der Waals surface area contributed by atoms with E-state index < -0.39 is 12.2 Å². The smallest absolute Gasteiger partial charge is 0.296 e. The van der Waals surface area contributed by atoms with E-state index in [9.17, 15) is 18.0 Å². The van der Waals surface area contributed by atoms with Gasteiger partial charge < -0.3 is 0 Å². The minimum atomic E-state index is -4.29. The number of nitrogens with zero attached hydrogens (tertiary/aromatic N) is 3. The number of hydrogen-bond donors (Lipinski definition) is 0. The van der Waals surface area contributed by atoms with Gasteiger partial charge in [0, 0.05) is 19.1 Å². The summed E-state index contributed by atoms with van der Waals surface area (Å²) in [6.07, 6.45) is -1.75. The van der Waals surface area contributed by atoms with Crippen LogP contribution in [0.4, 0.5) is 13.2 Å². The van der Waals surface area contributed by atoms with Gasteiger partial charge in [-0.15, -0.1) is 0 Å². The summed E-state index contributed by atoms with van der Waals surface area (Å²) < 4.78 is 43.4. The van der Waals surface area contributed by atoms with E-state index in [0.29, 0.717) is 36.8 Å². The minimum Gasteiger partial charge on any atom is -0.296 e. The molecule has 31 heavy (non-hydrogen) atoms. The van der Waals surface area contributed by atoms with Crippen molar-refractivity contribution in [3.8, 4) is 0 Å². The standard InChI is InChI=1S/C24H26F3N3O/c1-17(18-7-3-2-4-8-18)15-22(24(25,26)27)29-13-11-19(12-14-29)30-16-28-21-10-6-5-9-20(21)23(30)31/h2-10,16-17,19,22H,11-15H2,1H3. The van der Waals surface area contributed by atoms with E-state index in [1.165, 1.54) is 11.2 Å². The fourth-order valence-electron chi connectivity index (χ4n) is 4.56. The number of halogens is 3. The van der Waals surface area contributed by atoms with Crippen LogP contribution in [-0.4, -0.2) is 39.8 Å². The fourth-order valence-corrected chi connectivity index (χ4v) is 4.56. The van der Waals surface area contributed by atoms with Crippen molar-refractivity contribution in [3.05, 3.63) is 76.8 Å². The number of hydrogen-bond acceptors (Lipinski definition) is 3. The van der Waals surface area contributed by atoms with Crippen LogP contribution in [0.15, 0.2) is 65.7 Å². The Morgan fingerprint density at radius 2 is 1.68 bits per heavy atom. The predicted molar refractivity (Wildman–Crippen MR) is 115 cm³/mol. The lowest BCUT2D eigenvalue weighted by Gasteiger charge is -2.39. The van der Waals surface area contributed by atoms with Crippen LogP contribution in [0.25, 0.3) is 10.9 Å². The molecule has 164 valence electrons. The highest BCUT2D eigenvalue weighted by Gasteiger charge is 2.45. The van der Waals surface area contributed by atoms with E-state index in [1.807, 2.05) is 43.3 Å². The Balaban J connectivity index is 1.48. The molecule has 0 radical (unpaired) electrons. The van der Waals surface area contributed by atoms with Crippen LogP contribution in [0.1, 0.15) is 43.7 Å². The molecular formula is C24H26F3N3O. The zero-order valence-electron chi connectivity index (χ0n) is 17.4. The van der Waals surface area contributed by atoms with Gasteiger partial charge in [0.2, 0.25) is 0 Å². The van der Waals surface area contributed by atoms with Crippen molar-refractivity contribution in [2.45, 2.75) is 50.4 Å². The SMILES string of the molecule is CC(CC(N1CCC(n2cnc3ccccc3c2=O)CC1)C(F)(F)F)c1ccccc1. The molecule has 7 heteroatoms. The number of rotatable bonds is 5. The molecule has 0 N–H and O–H groups in total. The molecule has 0 aliphatic carbocycles. The molecule has 4 rings (SSSR count). The highest BCUT2D eigenvalue weighted by molar-refractivity contribution is 5.76. The largest absolute Gasteiger partial charge is 0.404 e. The maximum absolute atomic E-state index is 13.9. The average molecular weight is 429 g/mol. The quantitative estimate of drug-likeness (QED) is 0.562. The van der Waals surface area contributed by atoms with E-state index in [0.717, 1.165) is 5.56 Å². The van der Waals surface area contributed by atoms with Crippen LogP contribution in [0.3, 0.4) is 0 Å². The molecule has 0 saturated carbocycles. The molecule has 1 aliphatic rings. The van der Waals surface area contributed by atoms with Crippen LogP contribution in [-0.2, 0) is 0 Å². The second-order valence-electron chi connectivity index (χ2n) is 8.35. The second-order valence-corrected chi connectivity index (χ2v) is 8.35. The summed E-state index contributed by atoms with van der Waals surface area (Å²) in [5.74, 6) is -0.196. The minimum absolute atomic E-state index is 0.0235. The van der Waals surface area contributed by atoms with Gasteiger partial charge in [-0.25, -0.2) is 4.98 Å². The Labute approximate surface area is 179 Å². The summed E-state index contributed by atoms with van der Waals surface area (Å²) in [7, 11) is 0. The maximum atomic E-state index is 13.9. The Hall–Kier alpha value is -2.67. The van der Waals surface area contributed by atoms with E-state index >= 15 is 0 Å². The lowest BCUT2D eigenvalue weighted by Crippen LogP contribution is -2.50. The molecule has 1 aliphatic heterocycles. The predicted octanol–water partition coefficient (Wildman–Crippen LogP) is 5.16. The van der Waals surface area contributed by atoms with Crippen molar-refractivity contribution >= 4 is 10.9 Å². The highest BCUT2D eigenvalue weighted by Crippen LogP contribution is 2.35. The second kappa shape index (κ2) is 8.83. The third-order valence-corrected chi connectivity index (χ3v) is 6.35. The molecule has 0 spiro atoms. The average Bonchev–Trinajstić information content (AvgIpc) is 2.78. The summed E-state index contributed by atoms with van der Waals surface area (Å²) in [6.45, 7) is 2.45. The van der Waals surface area contributed by atoms with Crippen LogP contribution in [0.5, 0.6) is 0 Å². The van der Waals surface area contributed by atoms with Gasteiger partial charge in [0.1, 0.15) is 6.04 Å². The first-order valence-electron chi connectivity index (χ1n) is 10.7. The number of benzene rings is 2. The van der Waals surface area contributed by atoms with E-state index in [-0.39, 0.29) is 23.9 Å². The van der Waals surface area contributed by atoms with Crippen molar-refractivity contribution in [2.75, 3.05) is 13.1 Å². The topological polar surface area (TPSA) is 38.1 Å². The molecule has 4 nitrogen and oxygen atoms in total. The molecule has 1 fully saturated rings. The lowest BCUT2D eigenvalue weighted by atomic mass is 9.91. The summed E-state index contributed by atoms with van der Waals surface area (Å²) in [6, 6.07) is 14.8. The molecule has 3 aromatic rings. The molecule has 2 atom stereocenters. The number of likely N-dealkylation sites (tertiary alicyclic amines) is 1. The third-order valence-electron chi connectivity index (χ3n) is 6.35. The van der Waals surface area contributed by atoms with Crippen LogP contribution in [0, 0.1) is 0 Å². The number of para-hydroxylation sites is 1. The molecule has 0 amide bonds. The number of piperidine rings is 1. The first kappa shape index (κ1) is 21.6. The molecule has 1 saturated heterocycles. The molecular weight excluding hydrogens is 403 g/mol. The summed E-state index contributed by atoms with van der Waals surface area (Å²) in [4.78, 5) is 18.7. The molecule has 2 unspecified atom stereocenters. The van der Waals surface area contributed by atoms with Gasteiger partial charge in [0.05, 0.1) is 17.2 Å². The number of fused-ring (bicyclic) bond motifs is 1. The zero-order chi connectivity index (χ0) is 22.0. The van der Waals surface area contributed by atoms with E-state index in [2.05, 4.69) is 4.98 Å². The molecule has 2 aromatic carbocycles. The monoisotopic (exact) mass is 429 g/mol. The zero-order valence-corrected chi connectivity index (χ0v) is 17.4. The molecule has 1 aromatic heterocycles. The summed E-state index contributed by atoms with van der Waals surface area (Å²) in [5, 5.41) is 0.539. The number of aromatic nitrogens is 2. The van der Waals surface area contributed by atoms with Crippen molar-refractivity contribution in [1.29, 1.82) is 0 Å². The first-order valence-corrected chi connectivity index (χ1v) is 10.7. The van der Waals surface area contributed by atoms with Crippen LogP contribution >= 0.6 is 0 Å². The van der Waals surface area contributed by atoms with Gasteiger partial charge in [-0.3, -0.25) is 14.3 Å². The maximum Gasteiger partial charge on any atom is 0.404 e. The van der Waals surface area contributed by atoms with E-state index in [1.54, 1.807) is 22.8 Å². The van der Waals surface area contributed by atoms with Gasteiger partial charge in [0.25, 0.3) is 5.56 Å². The highest BCUT2D eigenvalue weighted by atomic mass is 19.4. The summed E-state index contributed by atoms with van der Waals surface area (Å²) in [5.41, 5.74) is 1.42. The van der Waals surface area contributed by atoms with Gasteiger partial charge in [0.15, 0.2) is 0 Å². The third kappa shape index (κ3) is 4.66. The van der Waals surface area contributed by atoms with E-state index in [4.69, 9.17) is 0 Å². The lowest BCUT2D eigenvalue weighted by molar-refractivity contribution is -0.189. The van der Waals surface area contributed by atoms with Gasteiger partial charge in [-0.2, -0.15) is 13.2 Å². The normalized spacial score (nSPS) is 18.2. The van der Waals surface area contributed by atoms with Crippen LogP contribution < -0.4 is 5.56 Å². The Kier molecular flexibility index (Phi) is 6.14. The fraction of sp³-hybridized carbons (Fsp3) is 0.417. The Bertz CT molecular complexity index is 1070. The van der Waals surface area contributed by atoms with Crippen LogP contribution in [0.2, 0.25) is 0 Å². The first-order chi connectivity index (χ1) is 14.8. The summed E-state index contributed by atoms with van der Waals surface area (Å²) >= 11 is 0. The van der Waals surface area contributed by atoms with Crippen molar-refractivity contribution in [2.24, 2.45) is 0 Å². The Morgan fingerprint density at radius 3 is 2.35 bits per heavy atom. The number of alkyl halides is 3. The van der Waals surface area contributed by atoms with Gasteiger partial charge >= 0.3 is 6.18 Å². The van der Waals surface area contributed by atoms with Crippen molar-refractivity contribution in [1.82, 2.24) is 14.5 Å². The molecule has 0 bridgehead atoms. The molecule has 2 heterocycles. The van der Waals surface area contributed by atoms with Crippen molar-refractivity contribution < 1.29 is 13.2 Å². The Morgan fingerprint density at radius 1 is 1.03 bits per heavy atom.